The number of pyridine rings is 1. The lowest BCUT2D eigenvalue weighted by atomic mass is 9.94. The number of rotatable bonds is 7. The van der Waals surface area contributed by atoms with Crippen molar-refractivity contribution >= 4 is 67.8 Å². The largest absolute Gasteiger partial charge is 0.397 e. The van der Waals surface area contributed by atoms with Gasteiger partial charge in [-0.1, -0.05) is 44.2 Å². The SMILES string of the molecule is CC(C)c1ccc(-c2c(C#N)c(N)nc3sc(C(=O)Nc4ccc(C(=O)C=Cc5cccs5)cc4)c(N)c23)cc1. The number of anilines is 3. The van der Waals surface area contributed by atoms with Crippen molar-refractivity contribution in [3.05, 3.63) is 98.6 Å². The summed E-state index contributed by atoms with van der Waals surface area (Å²) < 4.78 is 0. The molecule has 0 bridgehead atoms. The highest BCUT2D eigenvalue weighted by molar-refractivity contribution is 7.21. The molecule has 0 aliphatic carbocycles. The molecule has 5 N–H and O–H groups in total. The van der Waals surface area contributed by atoms with Gasteiger partial charge in [0.25, 0.3) is 5.91 Å². The first kappa shape index (κ1) is 26.8. The van der Waals surface area contributed by atoms with E-state index in [1.807, 2.05) is 41.8 Å². The van der Waals surface area contributed by atoms with E-state index in [4.69, 9.17) is 11.5 Å². The zero-order valence-electron chi connectivity index (χ0n) is 21.8. The van der Waals surface area contributed by atoms with E-state index in [0.29, 0.717) is 32.9 Å². The molecule has 3 aromatic heterocycles. The Kier molecular flexibility index (Phi) is 7.47. The Morgan fingerprint density at radius 2 is 1.77 bits per heavy atom. The summed E-state index contributed by atoms with van der Waals surface area (Å²) >= 11 is 2.67. The standard InChI is InChI=1S/C31H25N5O2S2/c1-17(2)18-5-7-20(8-6-18)25-23(16-32)29(34)36-31-26(25)27(33)28(40-31)30(38)35-21-11-9-19(10-12-21)24(37)14-13-22-4-3-15-39-22/h3-15,17H,33H2,1-2H3,(H2,34,36)(H,35,38). The Morgan fingerprint density at radius 3 is 2.40 bits per heavy atom. The van der Waals surface area contributed by atoms with Gasteiger partial charge in [-0.2, -0.15) is 5.26 Å². The second-order valence-electron chi connectivity index (χ2n) is 9.41. The highest BCUT2D eigenvalue weighted by atomic mass is 32.1. The molecule has 0 radical (unpaired) electrons. The smallest absolute Gasteiger partial charge is 0.267 e. The fourth-order valence-electron chi connectivity index (χ4n) is 4.32. The van der Waals surface area contributed by atoms with Crippen LogP contribution in [0, 0.1) is 11.3 Å². The van der Waals surface area contributed by atoms with E-state index in [2.05, 4.69) is 30.2 Å². The number of hydrogen-bond acceptors (Lipinski definition) is 8. The van der Waals surface area contributed by atoms with Crippen molar-refractivity contribution in [2.75, 3.05) is 16.8 Å². The number of amides is 1. The minimum absolute atomic E-state index is 0.0829. The Balaban J connectivity index is 1.44. The Morgan fingerprint density at radius 1 is 1.05 bits per heavy atom. The van der Waals surface area contributed by atoms with Gasteiger partial charge in [0.2, 0.25) is 0 Å². The van der Waals surface area contributed by atoms with E-state index >= 15 is 0 Å². The number of nitriles is 1. The number of thiophene rings is 2. The molecule has 198 valence electrons. The van der Waals surface area contributed by atoms with Crippen molar-refractivity contribution in [3.8, 4) is 17.2 Å². The Bertz CT molecular complexity index is 1790. The van der Waals surface area contributed by atoms with Crippen molar-refractivity contribution < 1.29 is 9.59 Å². The molecule has 0 unspecified atom stereocenters. The summed E-state index contributed by atoms with van der Waals surface area (Å²) in [4.78, 5) is 31.9. The van der Waals surface area contributed by atoms with Gasteiger partial charge in [0.1, 0.15) is 27.2 Å². The molecule has 1 amide bonds. The van der Waals surface area contributed by atoms with Crippen LogP contribution in [0.1, 0.15) is 55.8 Å². The number of hydrogen-bond donors (Lipinski definition) is 3. The molecule has 7 nitrogen and oxygen atoms in total. The maximum Gasteiger partial charge on any atom is 0.267 e. The summed E-state index contributed by atoms with van der Waals surface area (Å²) in [6.45, 7) is 4.21. The van der Waals surface area contributed by atoms with Crippen LogP contribution in [0.2, 0.25) is 0 Å². The molecule has 3 heterocycles. The van der Waals surface area contributed by atoms with Gasteiger partial charge >= 0.3 is 0 Å². The van der Waals surface area contributed by atoms with Crippen molar-refractivity contribution in [3.63, 3.8) is 0 Å². The van der Waals surface area contributed by atoms with E-state index < -0.39 is 5.91 Å². The monoisotopic (exact) mass is 563 g/mol. The predicted octanol–water partition coefficient (Wildman–Crippen LogP) is 7.33. The number of nitrogens with zero attached hydrogens (tertiary/aromatic N) is 2. The second-order valence-corrected chi connectivity index (χ2v) is 11.4. The van der Waals surface area contributed by atoms with Crippen LogP contribution < -0.4 is 16.8 Å². The molecule has 9 heteroatoms. The van der Waals surface area contributed by atoms with Crippen LogP contribution in [0.15, 0.2) is 72.1 Å². The molecule has 0 saturated carbocycles. The number of carbonyl (C=O) groups is 2. The van der Waals surface area contributed by atoms with Gasteiger partial charge in [-0.05, 0) is 64.9 Å². The molecule has 2 aromatic carbocycles. The number of nitrogens with one attached hydrogen (secondary N) is 1. The second kappa shape index (κ2) is 11.1. The van der Waals surface area contributed by atoms with Gasteiger partial charge in [0, 0.05) is 27.1 Å². The van der Waals surface area contributed by atoms with Crippen molar-refractivity contribution in [2.24, 2.45) is 0 Å². The van der Waals surface area contributed by atoms with Crippen LogP contribution in [-0.4, -0.2) is 16.7 Å². The van der Waals surface area contributed by atoms with Crippen LogP contribution in [0.5, 0.6) is 0 Å². The third kappa shape index (κ3) is 5.23. The molecule has 0 fully saturated rings. The third-order valence-corrected chi connectivity index (χ3v) is 8.39. The molecular weight excluding hydrogens is 539 g/mol. The fraction of sp³-hybridized carbons (Fsp3) is 0.0968. The number of benzene rings is 2. The van der Waals surface area contributed by atoms with Crippen LogP contribution in [0.25, 0.3) is 27.4 Å². The van der Waals surface area contributed by atoms with E-state index in [0.717, 1.165) is 27.3 Å². The number of nitrogen functional groups attached to an aromatic ring is 2. The van der Waals surface area contributed by atoms with Crippen LogP contribution in [0.3, 0.4) is 0 Å². The molecule has 0 aliphatic rings. The van der Waals surface area contributed by atoms with E-state index in [-0.39, 0.29) is 27.7 Å². The summed E-state index contributed by atoms with van der Waals surface area (Å²) in [5.74, 6) is -0.121. The maximum absolute atomic E-state index is 13.3. The first-order valence-corrected chi connectivity index (χ1v) is 14.2. The Labute approximate surface area is 239 Å². The minimum atomic E-state index is -0.421. The molecule has 0 spiro atoms. The van der Waals surface area contributed by atoms with Crippen LogP contribution in [0.4, 0.5) is 17.2 Å². The molecule has 5 aromatic rings. The number of fused-ring (bicyclic) bond motifs is 1. The maximum atomic E-state index is 13.3. The van der Waals surface area contributed by atoms with Gasteiger partial charge in [-0.15, -0.1) is 22.7 Å². The van der Waals surface area contributed by atoms with E-state index in [1.54, 1.807) is 41.7 Å². The molecule has 0 saturated heterocycles. The van der Waals surface area contributed by atoms with Crippen LogP contribution in [-0.2, 0) is 0 Å². The van der Waals surface area contributed by atoms with Gasteiger partial charge in [0.05, 0.1) is 5.69 Å². The molecule has 0 atom stereocenters. The lowest BCUT2D eigenvalue weighted by molar-refractivity contribution is 0.102. The zero-order valence-corrected chi connectivity index (χ0v) is 23.4. The van der Waals surface area contributed by atoms with Gasteiger partial charge < -0.3 is 16.8 Å². The molecule has 40 heavy (non-hydrogen) atoms. The quantitative estimate of drug-likeness (QED) is 0.140. The zero-order chi connectivity index (χ0) is 28.4. The summed E-state index contributed by atoms with van der Waals surface area (Å²) in [5, 5.41) is 15.2. The molecule has 5 rings (SSSR count). The highest BCUT2D eigenvalue weighted by Gasteiger charge is 2.24. The summed E-state index contributed by atoms with van der Waals surface area (Å²) in [6, 6.07) is 20.5. The number of allylic oxidation sites excluding steroid dienone is 1. The average molecular weight is 564 g/mol. The van der Waals surface area contributed by atoms with Gasteiger partial charge in [-0.25, -0.2) is 4.98 Å². The number of ketones is 1. The van der Waals surface area contributed by atoms with E-state index in [9.17, 15) is 14.9 Å². The Hall–Kier alpha value is -4.78. The predicted molar refractivity (Wildman–Crippen MR) is 165 cm³/mol. The highest BCUT2D eigenvalue weighted by Crippen LogP contribution is 2.43. The number of aromatic nitrogens is 1. The van der Waals surface area contributed by atoms with Crippen molar-refractivity contribution in [1.82, 2.24) is 4.98 Å². The topological polar surface area (TPSA) is 135 Å². The minimum Gasteiger partial charge on any atom is -0.397 e. The first-order chi connectivity index (χ1) is 19.3. The summed E-state index contributed by atoms with van der Waals surface area (Å²) in [7, 11) is 0. The van der Waals surface area contributed by atoms with Gasteiger partial charge in [-0.3, -0.25) is 9.59 Å². The fourth-order valence-corrected chi connectivity index (χ4v) is 5.95. The molecular formula is C31H25N5O2S2. The van der Waals surface area contributed by atoms with Crippen molar-refractivity contribution in [2.45, 2.75) is 19.8 Å². The first-order valence-electron chi connectivity index (χ1n) is 12.5. The summed E-state index contributed by atoms with van der Waals surface area (Å²) in [5.41, 5.74) is 16.6. The third-order valence-electron chi connectivity index (χ3n) is 6.46. The van der Waals surface area contributed by atoms with Crippen molar-refractivity contribution in [1.29, 1.82) is 5.26 Å². The van der Waals surface area contributed by atoms with Crippen LogP contribution >= 0.6 is 22.7 Å². The normalized spacial score (nSPS) is 11.2. The molecule has 0 aliphatic heterocycles. The number of carbonyl (C=O) groups excluding carboxylic acids is 2. The lowest BCUT2D eigenvalue weighted by Gasteiger charge is -2.11. The van der Waals surface area contributed by atoms with E-state index in [1.165, 1.54) is 6.08 Å². The summed E-state index contributed by atoms with van der Waals surface area (Å²) in [6.07, 6.45) is 3.30. The lowest BCUT2D eigenvalue weighted by Crippen LogP contribution is -2.12. The number of nitrogens with two attached hydrogens (primary N) is 2. The van der Waals surface area contributed by atoms with Gasteiger partial charge in [0.15, 0.2) is 5.78 Å². The average Bonchev–Trinajstić information content (AvgIpc) is 3.59.